The maximum atomic E-state index is 8.93. The minimum Gasteiger partial charge on any atom is -0.454 e. The van der Waals surface area contributed by atoms with E-state index in [2.05, 4.69) is 54.7 Å². The van der Waals surface area contributed by atoms with Crippen LogP contribution in [0, 0.1) is 13.8 Å². The molecule has 0 unspecified atom stereocenters. The molecule has 4 heteroatoms. The zero-order valence-corrected chi connectivity index (χ0v) is 16.2. The van der Waals surface area contributed by atoms with E-state index in [9.17, 15) is 0 Å². The van der Waals surface area contributed by atoms with E-state index in [0.29, 0.717) is 13.1 Å². The molecule has 142 valence electrons. The number of fused-ring (bicyclic) bond motifs is 1. The third-order valence-corrected chi connectivity index (χ3v) is 5.00. The second-order valence-corrected chi connectivity index (χ2v) is 7.00. The quantitative estimate of drug-likeness (QED) is 0.475. The summed E-state index contributed by atoms with van der Waals surface area (Å²) >= 11 is 0. The highest BCUT2D eigenvalue weighted by molar-refractivity contribution is 5.84. The van der Waals surface area contributed by atoms with E-state index < -0.39 is 0 Å². The molecule has 0 bridgehead atoms. The van der Waals surface area contributed by atoms with Crippen LogP contribution in [0.4, 0.5) is 0 Å². The lowest BCUT2D eigenvalue weighted by Gasteiger charge is -2.10. The second-order valence-electron chi connectivity index (χ2n) is 7.00. The minimum absolute atomic E-state index is 0.119. The Bertz CT molecular complexity index is 1100. The molecule has 4 aromatic rings. The molecule has 0 atom stereocenters. The van der Waals surface area contributed by atoms with Crippen molar-refractivity contribution in [2.75, 3.05) is 13.2 Å². The van der Waals surface area contributed by atoms with Crippen molar-refractivity contribution in [2.45, 2.75) is 20.4 Å². The Morgan fingerprint density at radius 1 is 0.964 bits per heavy atom. The van der Waals surface area contributed by atoms with E-state index in [1.807, 2.05) is 25.1 Å². The molecule has 2 aromatic carbocycles. The summed E-state index contributed by atoms with van der Waals surface area (Å²) in [5.41, 5.74) is 8.37. The largest absolute Gasteiger partial charge is 0.454 e. The fraction of sp³-hybridized carbons (Fsp3) is 0.208. The normalized spacial score (nSPS) is 11.2. The fourth-order valence-corrected chi connectivity index (χ4v) is 3.60. The van der Waals surface area contributed by atoms with E-state index in [0.717, 1.165) is 33.7 Å². The highest BCUT2D eigenvalue weighted by Crippen LogP contribution is 2.35. The van der Waals surface area contributed by atoms with Gasteiger partial charge in [-0.2, -0.15) is 0 Å². The van der Waals surface area contributed by atoms with Gasteiger partial charge in [-0.25, -0.2) is 4.98 Å². The molecular weight excluding hydrogens is 348 g/mol. The molecule has 0 fully saturated rings. The SMILES string of the molecule is Cc1c(-c2ccccc2)cccc1-c1cc2nc(CNCCO)cc(C)c2o1. The minimum atomic E-state index is 0.119. The van der Waals surface area contributed by atoms with Gasteiger partial charge in [0.05, 0.1) is 12.3 Å². The average Bonchev–Trinajstić information content (AvgIpc) is 3.13. The van der Waals surface area contributed by atoms with E-state index in [-0.39, 0.29) is 6.61 Å². The Kier molecular flexibility index (Phi) is 5.24. The Hall–Kier alpha value is -2.95. The number of aliphatic hydroxyl groups excluding tert-OH is 1. The summed E-state index contributed by atoms with van der Waals surface area (Å²) < 4.78 is 6.21. The van der Waals surface area contributed by atoms with Crippen molar-refractivity contribution in [3.05, 3.63) is 77.5 Å². The number of furan rings is 1. The van der Waals surface area contributed by atoms with Gasteiger partial charge in [0, 0.05) is 24.7 Å². The lowest BCUT2D eigenvalue weighted by atomic mass is 9.95. The van der Waals surface area contributed by atoms with Crippen molar-refractivity contribution in [3.63, 3.8) is 0 Å². The molecule has 0 aliphatic heterocycles. The van der Waals surface area contributed by atoms with Crippen LogP contribution >= 0.6 is 0 Å². The monoisotopic (exact) mass is 372 g/mol. The molecule has 0 amide bonds. The first-order valence-electron chi connectivity index (χ1n) is 9.54. The standard InChI is InChI=1S/C24H24N2O2/c1-16-13-19(15-25-11-12-27)26-22-14-23(28-24(16)22)21-10-6-9-20(17(21)2)18-7-4-3-5-8-18/h3-10,13-14,25,27H,11-12,15H2,1-2H3. The highest BCUT2D eigenvalue weighted by atomic mass is 16.3. The summed E-state index contributed by atoms with van der Waals surface area (Å²) in [7, 11) is 0. The zero-order valence-electron chi connectivity index (χ0n) is 16.2. The molecule has 2 aromatic heterocycles. The Labute approximate surface area is 164 Å². The van der Waals surface area contributed by atoms with Gasteiger partial charge < -0.3 is 14.8 Å². The number of nitrogens with one attached hydrogen (secondary N) is 1. The predicted octanol–water partition coefficient (Wildman–Crippen LogP) is 4.86. The van der Waals surface area contributed by atoms with Crippen LogP contribution in [-0.4, -0.2) is 23.2 Å². The van der Waals surface area contributed by atoms with Gasteiger partial charge in [-0.15, -0.1) is 0 Å². The predicted molar refractivity (Wildman–Crippen MR) is 113 cm³/mol. The number of hydrogen-bond donors (Lipinski definition) is 2. The maximum Gasteiger partial charge on any atom is 0.156 e. The van der Waals surface area contributed by atoms with Crippen LogP contribution in [0.3, 0.4) is 0 Å². The topological polar surface area (TPSA) is 58.3 Å². The first-order valence-corrected chi connectivity index (χ1v) is 9.54. The molecule has 0 saturated heterocycles. The van der Waals surface area contributed by atoms with Gasteiger partial charge >= 0.3 is 0 Å². The van der Waals surface area contributed by atoms with Gasteiger partial charge in [0.1, 0.15) is 11.3 Å². The van der Waals surface area contributed by atoms with E-state index in [1.54, 1.807) is 0 Å². The van der Waals surface area contributed by atoms with Gasteiger partial charge in [0.2, 0.25) is 0 Å². The van der Waals surface area contributed by atoms with Crippen molar-refractivity contribution in [3.8, 4) is 22.5 Å². The van der Waals surface area contributed by atoms with E-state index in [4.69, 9.17) is 14.5 Å². The molecule has 0 aliphatic carbocycles. The van der Waals surface area contributed by atoms with Crippen LogP contribution in [0.25, 0.3) is 33.6 Å². The lowest BCUT2D eigenvalue weighted by Crippen LogP contribution is -2.18. The van der Waals surface area contributed by atoms with Crippen LogP contribution in [0.15, 0.2) is 65.1 Å². The third-order valence-electron chi connectivity index (χ3n) is 5.00. The molecule has 4 nitrogen and oxygen atoms in total. The average molecular weight is 372 g/mol. The highest BCUT2D eigenvalue weighted by Gasteiger charge is 2.14. The van der Waals surface area contributed by atoms with Crippen LogP contribution in [0.5, 0.6) is 0 Å². The Morgan fingerprint density at radius 3 is 2.54 bits per heavy atom. The molecule has 28 heavy (non-hydrogen) atoms. The number of aliphatic hydroxyl groups is 1. The van der Waals surface area contributed by atoms with Crippen molar-refractivity contribution in [2.24, 2.45) is 0 Å². The Morgan fingerprint density at radius 2 is 1.75 bits per heavy atom. The van der Waals surface area contributed by atoms with Crippen LogP contribution in [0.2, 0.25) is 0 Å². The molecule has 2 heterocycles. The number of benzene rings is 2. The van der Waals surface area contributed by atoms with Crippen LogP contribution in [0.1, 0.15) is 16.8 Å². The first kappa shape index (κ1) is 18.4. The number of aromatic nitrogens is 1. The number of rotatable bonds is 6. The van der Waals surface area contributed by atoms with Crippen molar-refractivity contribution >= 4 is 11.1 Å². The van der Waals surface area contributed by atoms with Crippen molar-refractivity contribution in [1.29, 1.82) is 0 Å². The summed E-state index contributed by atoms with van der Waals surface area (Å²) in [6, 6.07) is 20.8. The van der Waals surface area contributed by atoms with E-state index >= 15 is 0 Å². The molecule has 0 spiro atoms. The number of nitrogens with zero attached hydrogens (tertiary/aromatic N) is 1. The maximum absolute atomic E-state index is 8.93. The molecule has 4 rings (SSSR count). The van der Waals surface area contributed by atoms with Crippen LogP contribution < -0.4 is 5.32 Å². The lowest BCUT2D eigenvalue weighted by molar-refractivity contribution is 0.291. The molecule has 0 radical (unpaired) electrons. The van der Waals surface area contributed by atoms with E-state index in [1.165, 1.54) is 16.7 Å². The van der Waals surface area contributed by atoms with Gasteiger partial charge in [0.25, 0.3) is 0 Å². The summed E-state index contributed by atoms with van der Waals surface area (Å²) in [4.78, 5) is 4.73. The van der Waals surface area contributed by atoms with Gasteiger partial charge in [-0.3, -0.25) is 0 Å². The summed E-state index contributed by atoms with van der Waals surface area (Å²) in [5.74, 6) is 0.835. The first-order chi connectivity index (χ1) is 13.7. The fourth-order valence-electron chi connectivity index (χ4n) is 3.60. The Balaban J connectivity index is 1.74. The second kappa shape index (κ2) is 7.97. The third kappa shape index (κ3) is 3.57. The zero-order chi connectivity index (χ0) is 19.5. The molecule has 0 aliphatic rings. The summed E-state index contributed by atoms with van der Waals surface area (Å²) in [5, 5.41) is 12.1. The van der Waals surface area contributed by atoms with Gasteiger partial charge in [-0.1, -0.05) is 48.5 Å². The van der Waals surface area contributed by atoms with Crippen molar-refractivity contribution in [1.82, 2.24) is 10.3 Å². The summed E-state index contributed by atoms with van der Waals surface area (Å²) in [6.07, 6.45) is 0. The summed E-state index contributed by atoms with van der Waals surface area (Å²) in [6.45, 7) is 5.48. The van der Waals surface area contributed by atoms with Crippen molar-refractivity contribution < 1.29 is 9.52 Å². The molecular formula is C24H24N2O2. The van der Waals surface area contributed by atoms with Gasteiger partial charge in [0.15, 0.2) is 5.58 Å². The van der Waals surface area contributed by atoms with Crippen LogP contribution in [-0.2, 0) is 6.54 Å². The number of pyridine rings is 1. The van der Waals surface area contributed by atoms with Gasteiger partial charge in [-0.05, 0) is 42.2 Å². The number of aryl methyl sites for hydroxylation is 1. The molecule has 0 saturated carbocycles. The molecule has 2 N–H and O–H groups in total. The smallest absolute Gasteiger partial charge is 0.156 e. The number of hydrogen-bond acceptors (Lipinski definition) is 4.